The van der Waals surface area contributed by atoms with Crippen molar-refractivity contribution in [3.63, 3.8) is 0 Å². The Bertz CT molecular complexity index is 336. The van der Waals surface area contributed by atoms with Crippen molar-refractivity contribution in [2.75, 3.05) is 0 Å². The third-order valence-electron chi connectivity index (χ3n) is 3.73. The topological polar surface area (TPSA) is 112 Å². The number of carboxylic acid groups (broad SMARTS) is 3. The van der Waals surface area contributed by atoms with Crippen LogP contribution in [0, 0.1) is 5.41 Å². The maximum atomic E-state index is 11.2. The fraction of sp³-hybridized carbons (Fsp3) is 0.800. The zero-order valence-electron chi connectivity index (χ0n) is 12.6. The quantitative estimate of drug-likeness (QED) is 0.356. The SMILES string of the molecule is CCCCCCCCCCC(CC(=O)O)(C(=O)O)C(=O)O. The van der Waals surface area contributed by atoms with E-state index in [2.05, 4.69) is 6.92 Å². The first-order valence-electron chi connectivity index (χ1n) is 7.55. The summed E-state index contributed by atoms with van der Waals surface area (Å²) < 4.78 is 0. The molecule has 0 aromatic heterocycles. The second-order valence-corrected chi connectivity index (χ2v) is 5.49. The van der Waals surface area contributed by atoms with Gasteiger partial charge in [-0.25, -0.2) is 0 Å². The summed E-state index contributed by atoms with van der Waals surface area (Å²) in [7, 11) is 0. The van der Waals surface area contributed by atoms with Gasteiger partial charge in [-0.1, -0.05) is 58.3 Å². The third-order valence-corrected chi connectivity index (χ3v) is 3.73. The zero-order chi connectivity index (χ0) is 16.3. The Morgan fingerprint density at radius 3 is 1.57 bits per heavy atom. The number of hydrogen-bond acceptors (Lipinski definition) is 3. The van der Waals surface area contributed by atoms with Crippen molar-refractivity contribution in [1.29, 1.82) is 0 Å². The molecule has 21 heavy (non-hydrogen) atoms. The van der Waals surface area contributed by atoms with Crippen LogP contribution in [0.2, 0.25) is 0 Å². The van der Waals surface area contributed by atoms with Crippen LogP contribution in [-0.4, -0.2) is 33.2 Å². The highest BCUT2D eigenvalue weighted by molar-refractivity contribution is 6.01. The molecule has 0 heterocycles. The monoisotopic (exact) mass is 302 g/mol. The molecule has 0 amide bonds. The molecule has 0 aromatic carbocycles. The molecule has 0 saturated heterocycles. The van der Waals surface area contributed by atoms with Crippen LogP contribution in [-0.2, 0) is 14.4 Å². The summed E-state index contributed by atoms with van der Waals surface area (Å²) in [5.41, 5.74) is -2.20. The van der Waals surface area contributed by atoms with Crippen LogP contribution in [0.4, 0.5) is 0 Å². The molecular weight excluding hydrogens is 276 g/mol. The fourth-order valence-electron chi connectivity index (χ4n) is 2.36. The first kappa shape index (κ1) is 19.4. The van der Waals surface area contributed by atoms with E-state index in [4.69, 9.17) is 15.3 Å². The van der Waals surface area contributed by atoms with Crippen molar-refractivity contribution < 1.29 is 29.7 Å². The molecule has 0 radical (unpaired) electrons. The van der Waals surface area contributed by atoms with E-state index in [0.717, 1.165) is 25.7 Å². The molecule has 0 rings (SSSR count). The molecular formula is C15H26O6. The molecule has 0 spiro atoms. The number of rotatable bonds is 13. The highest BCUT2D eigenvalue weighted by atomic mass is 16.4. The van der Waals surface area contributed by atoms with Gasteiger partial charge in [0.2, 0.25) is 0 Å². The summed E-state index contributed by atoms with van der Waals surface area (Å²) >= 11 is 0. The van der Waals surface area contributed by atoms with Crippen molar-refractivity contribution in [3.05, 3.63) is 0 Å². The van der Waals surface area contributed by atoms with Gasteiger partial charge in [-0.05, 0) is 6.42 Å². The van der Waals surface area contributed by atoms with Crippen LogP contribution in [0.3, 0.4) is 0 Å². The molecule has 0 aromatic rings. The van der Waals surface area contributed by atoms with Crippen LogP contribution in [0.25, 0.3) is 0 Å². The largest absolute Gasteiger partial charge is 0.481 e. The normalized spacial score (nSPS) is 11.3. The lowest BCUT2D eigenvalue weighted by molar-refractivity contribution is -0.170. The van der Waals surface area contributed by atoms with E-state index in [9.17, 15) is 14.4 Å². The standard InChI is InChI=1S/C15H26O6/c1-2-3-4-5-6-7-8-9-10-15(13(18)19,14(20)21)11-12(16)17/h2-11H2,1H3,(H,16,17)(H,18,19)(H,20,21). The Labute approximate surface area is 125 Å². The van der Waals surface area contributed by atoms with Gasteiger partial charge in [-0.15, -0.1) is 0 Å². The number of carbonyl (C=O) groups is 3. The molecule has 0 bridgehead atoms. The van der Waals surface area contributed by atoms with Crippen LogP contribution in [0.15, 0.2) is 0 Å². The molecule has 6 heteroatoms. The summed E-state index contributed by atoms with van der Waals surface area (Å²) in [6.07, 6.45) is 6.79. The first-order chi connectivity index (χ1) is 9.86. The Hall–Kier alpha value is -1.59. The molecule has 0 aliphatic rings. The summed E-state index contributed by atoms with van der Waals surface area (Å²) in [6.45, 7) is 2.14. The second-order valence-electron chi connectivity index (χ2n) is 5.49. The van der Waals surface area contributed by atoms with Gasteiger partial charge in [-0.2, -0.15) is 0 Å². The molecule has 122 valence electrons. The Morgan fingerprint density at radius 2 is 1.19 bits per heavy atom. The van der Waals surface area contributed by atoms with Gasteiger partial charge in [0, 0.05) is 0 Å². The Kier molecular flexibility index (Phi) is 9.41. The van der Waals surface area contributed by atoms with Gasteiger partial charge in [0.05, 0.1) is 6.42 Å². The molecule has 0 fully saturated rings. The Balaban J connectivity index is 4.22. The molecule has 0 aliphatic carbocycles. The molecule has 0 saturated carbocycles. The molecule has 0 atom stereocenters. The van der Waals surface area contributed by atoms with Gasteiger partial charge in [0.15, 0.2) is 5.41 Å². The van der Waals surface area contributed by atoms with Gasteiger partial charge >= 0.3 is 17.9 Å². The fourth-order valence-corrected chi connectivity index (χ4v) is 2.36. The second kappa shape index (κ2) is 10.2. The highest BCUT2D eigenvalue weighted by Crippen LogP contribution is 2.30. The average molecular weight is 302 g/mol. The molecule has 0 aliphatic heterocycles. The van der Waals surface area contributed by atoms with Gasteiger partial charge in [-0.3, -0.25) is 14.4 Å². The van der Waals surface area contributed by atoms with Gasteiger partial charge in [0.1, 0.15) is 0 Å². The zero-order valence-corrected chi connectivity index (χ0v) is 12.6. The summed E-state index contributed by atoms with van der Waals surface area (Å²) in [4.78, 5) is 33.1. The number of hydrogen-bond donors (Lipinski definition) is 3. The average Bonchev–Trinajstić information content (AvgIpc) is 2.39. The predicted octanol–water partition coefficient (Wildman–Crippen LogP) is 3.15. The third kappa shape index (κ3) is 7.11. The lowest BCUT2D eigenvalue weighted by Crippen LogP contribution is -2.41. The number of carboxylic acids is 3. The van der Waals surface area contributed by atoms with E-state index in [-0.39, 0.29) is 6.42 Å². The van der Waals surface area contributed by atoms with E-state index in [0.29, 0.717) is 6.42 Å². The molecule has 6 nitrogen and oxygen atoms in total. The summed E-state index contributed by atoms with van der Waals surface area (Å²) in [6, 6.07) is 0. The summed E-state index contributed by atoms with van der Waals surface area (Å²) in [5, 5.41) is 26.9. The lowest BCUT2D eigenvalue weighted by atomic mass is 9.79. The van der Waals surface area contributed by atoms with Crippen molar-refractivity contribution in [2.24, 2.45) is 5.41 Å². The van der Waals surface area contributed by atoms with Crippen LogP contribution < -0.4 is 0 Å². The highest BCUT2D eigenvalue weighted by Gasteiger charge is 2.47. The maximum Gasteiger partial charge on any atom is 0.321 e. The van der Waals surface area contributed by atoms with E-state index in [1.807, 2.05) is 0 Å². The lowest BCUT2D eigenvalue weighted by Gasteiger charge is -2.22. The van der Waals surface area contributed by atoms with Crippen molar-refractivity contribution in [3.8, 4) is 0 Å². The Morgan fingerprint density at radius 1 is 0.762 bits per heavy atom. The van der Waals surface area contributed by atoms with E-state index < -0.39 is 29.7 Å². The molecule has 3 N–H and O–H groups in total. The van der Waals surface area contributed by atoms with Crippen molar-refractivity contribution in [2.45, 2.75) is 71.1 Å². The smallest absolute Gasteiger partial charge is 0.321 e. The van der Waals surface area contributed by atoms with E-state index in [1.54, 1.807) is 0 Å². The van der Waals surface area contributed by atoms with Crippen molar-refractivity contribution >= 4 is 17.9 Å². The van der Waals surface area contributed by atoms with Crippen molar-refractivity contribution in [1.82, 2.24) is 0 Å². The minimum Gasteiger partial charge on any atom is -0.481 e. The first-order valence-corrected chi connectivity index (χ1v) is 7.55. The van der Waals surface area contributed by atoms with E-state index in [1.165, 1.54) is 19.3 Å². The number of aliphatic carboxylic acids is 3. The van der Waals surface area contributed by atoms with Crippen LogP contribution in [0.5, 0.6) is 0 Å². The van der Waals surface area contributed by atoms with Gasteiger partial charge in [0.25, 0.3) is 0 Å². The predicted molar refractivity (Wildman–Crippen MR) is 77.2 cm³/mol. The van der Waals surface area contributed by atoms with Crippen LogP contribution in [0.1, 0.15) is 71.1 Å². The van der Waals surface area contributed by atoms with E-state index >= 15 is 0 Å². The minimum atomic E-state index is -2.20. The molecule has 0 unspecified atom stereocenters. The van der Waals surface area contributed by atoms with Gasteiger partial charge < -0.3 is 15.3 Å². The number of unbranched alkanes of at least 4 members (excludes halogenated alkanes) is 7. The minimum absolute atomic E-state index is 0.140. The maximum absolute atomic E-state index is 11.2. The summed E-state index contributed by atoms with van der Waals surface area (Å²) in [5.74, 6) is -4.54. The van der Waals surface area contributed by atoms with Crippen LogP contribution >= 0.6 is 0 Å².